The van der Waals surface area contributed by atoms with Gasteiger partial charge in [-0.2, -0.15) is 0 Å². The highest BCUT2D eigenvalue weighted by Crippen LogP contribution is 2.25. The Labute approximate surface area is 153 Å². The lowest BCUT2D eigenvalue weighted by molar-refractivity contribution is -0.385. The second-order valence-corrected chi connectivity index (χ2v) is 7.08. The monoisotopic (exact) mass is 370 g/mol. The van der Waals surface area contributed by atoms with E-state index in [0.29, 0.717) is 18.7 Å². The lowest BCUT2D eigenvalue weighted by Crippen LogP contribution is -2.31. The van der Waals surface area contributed by atoms with Gasteiger partial charge in [0.15, 0.2) is 5.82 Å². The summed E-state index contributed by atoms with van der Waals surface area (Å²) in [6.45, 7) is 1.64. The van der Waals surface area contributed by atoms with E-state index in [0.717, 1.165) is 41.0 Å². The number of hydrogen-bond acceptors (Lipinski definition) is 6. The van der Waals surface area contributed by atoms with Gasteiger partial charge in [-0.1, -0.05) is 6.07 Å². The van der Waals surface area contributed by atoms with Crippen LogP contribution in [-0.4, -0.2) is 26.3 Å². The number of nitrogens with zero attached hydrogens (tertiary/aromatic N) is 4. The Balaban J connectivity index is 1.52. The first-order valence-electron chi connectivity index (χ1n) is 8.14. The number of hydrogen-bond donors (Lipinski definition) is 0. The third-order valence-electron chi connectivity index (χ3n) is 4.39. The van der Waals surface area contributed by atoms with Crippen molar-refractivity contribution in [3.05, 3.63) is 74.7 Å². The minimum Gasteiger partial charge on any atom is -0.294 e. The number of nitro groups is 1. The SMILES string of the molecule is O=[N+]([O-])c1ccc(F)c(CN2CCc3nc(-c4cccs4)ncc3C2)c1. The van der Waals surface area contributed by atoms with Gasteiger partial charge in [0.2, 0.25) is 0 Å². The number of fused-ring (bicyclic) bond motifs is 1. The lowest BCUT2D eigenvalue weighted by Gasteiger charge is -2.28. The van der Waals surface area contributed by atoms with Crippen LogP contribution in [0.25, 0.3) is 10.7 Å². The summed E-state index contributed by atoms with van der Waals surface area (Å²) >= 11 is 1.60. The van der Waals surface area contributed by atoms with Crippen molar-refractivity contribution >= 4 is 17.0 Å². The fourth-order valence-electron chi connectivity index (χ4n) is 3.07. The van der Waals surface area contributed by atoms with Gasteiger partial charge < -0.3 is 0 Å². The molecule has 6 nitrogen and oxygen atoms in total. The van der Waals surface area contributed by atoms with Crippen molar-refractivity contribution in [3.63, 3.8) is 0 Å². The van der Waals surface area contributed by atoms with Crippen LogP contribution in [-0.2, 0) is 19.5 Å². The van der Waals surface area contributed by atoms with Crippen LogP contribution in [0.1, 0.15) is 16.8 Å². The van der Waals surface area contributed by atoms with Crippen LogP contribution in [0.15, 0.2) is 41.9 Å². The molecule has 0 amide bonds. The van der Waals surface area contributed by atoms with Gasteiger partial charge in [0.25, 0.3) is 5.69 Å². The zero-order valence-electron chi connectivity index (χ0n) is 13.8. The van der Waals surface area contributed by atoms with E-state index < -0.39 is 10.7 Å². The molecule has 0 spiro atoms. The van der Waals surface area contributed by atoms with Crippen molar-refractivity contribution < 1.29 is 9.31 Å². The average molecular weight is 370 g/mol. The Hall–Kier alpha value is -2.71. The molecule has 0 saturated heterocycles. The van der Waals surface area contributed by atoms with Gasteiger partial charge in [-0.05, 0) is 17.5 Å². The Kier molecular flexibility index (Phi) is 4.44. The maximum atomic E-state index is 14.0. The summed E-state index contributed by atoms with van der Waals surface area (Å²) in [4.78, 5) is 22.6. The fraction of sp³-hybridized carbons (Fsp3) is 0.222. The molecule has 1 aliphatic rings. The summed E-state index contributed by atoms with van der Waals surface area (Å²) < 4.78 is 14.0. The van der Waals surface area contributed by atoms with Crippen LogP contribution in [0.2, 0.25) is 0 Å². The van der Waals surface area contributed by atoms with E-state index in [-0.39, 0.29) is 5.69 Å². The molecule has 0 atom stereocenters. The zero-order chi connectivity index (χ0) is 18.1. The van der Waals surface area contributed by atoms with Crippen LogP contribution in [0.5, 0.6) is 0 Å². The first kappa shape index (κ1) is 16.7. The predicted octanol–water partition coefficient (Wildman–Crippen LogP) is 3.81. The van der Waals surface area contributed by atoms with Crippen molar-refractivity contribution in [1.82, 2.24) is 14.9 Å². The number of halogens is 1. The van der Waals surface area contributed by atoms with Crippen molar-refractivity contribution in [2.24, 2.45) is 0 Å². The van der Waals surface area contributed by atoms with E-state index >= 15 is 0 Å². The Morgan fingerprint density at radius 2 is 2.23 bits per heavy atom. The maximum Gasteiger partial charge on any atom is 0.269 e. The highest BCUT2D eigenvalue weighted by atomic mass is 32.1. The number of rotatable bonds is 4. The molecule has 0 radical (unpaired) electrons. The molecule has 4 rings (SSSR count). The van der Waals surface area contributed by atoms with E-state index in [1.165, 1.54) is 12.1 Å². The van der Waals surface area contributed by atoms with Gasteiger partial charge in [-0.15, -0.1) is 11.3 Å². The minimum absolute atomic E-state index is 0.0947. The first-order chi connectivity index (χ1) is 12.6. The standard InChI is InChI=1S/C18H15FN4O2S/c19-15-4-3-14(23(24)25)8-12(15)10-22-6-5-16-13(11-22)9-20-18(21-16)17-2-1-7-26-17/h1-4,7-9H,5-6,10-11H2. The average Bonchev–Trinajstić information content (AvgIpc) is 3.17. The number of aromatic nitrogens is 2. The third kappa shape index (κ3) is 3.33. The van der Waals surface area contributed by atoms with Crippen molar-refractivity contribution in [3.8, 4) is 10.7 Å². The van der Waals surface area contributed by atoms with Gasteiger partial charge in [0.1, 0.15) is 5.82 Å². The Morgan fingerprint density at radius 3 is 3.00 bits per heavy atom. The molecule has 8 heteroatoms. The number of non-ortho nitro benzene ring substituents is 1. The van der Waals surface area contributed by atoms with E-state index in [1.54, 1.807) is 11.3 Å². The van der Waals surface area contributed by atoms with Gasteiger partial charge in [0, 0.05) is 55.5 Å². The topological polar surface area (TPSA) is 72.2 Å². The summed E-state index contributed by atoms with van der Waals surface area (Å²) in [5, 5.41) is 12.9. The van der Waals surface area contributed by atoms with Gasteiger partial charge in [-0.3, -0.25) is 15.0 Å². The van der Waals surface area contributed by atoms with Crippen LogP contribution >= 0.6 is 11.3 Å². The van der Waals surface area contributed by atoms with Crippen molar-refractivity contribution in [1.29, 1.82) is 0 Å². The second kappa shape index (κ2) is 6.89. The molecule has 0 saturated carbocycles. The first-order valence-corrected chi connectivity index (χ1v) is 9.02. The third-order valence-corrected chi connectivity index (χ3v) is 5.25. The van der Waals surface area contributed by atoms with E-state index in [1.807, 2.05) is 23.7 Å². The molecular formula is C18H15FN4O2S. The van der Waals surface area contributed by atoms with E-state index in [2.05, 4.69) is 14.9 Å². The Morgan fingerprint density at radius 1 is 1.35 bits per heavy atom. The lowest BCUT2D eigenvalue weighted by atomic mass is 10.1. The second-order valence-electron chi connectivity index (χ2n) is 6.14. The van der Waals surface area contributed by atoms with Gasteiger partial charge >= 0.3 is 0 Å². The van der Waals surface area contributed by atoms with Crippen LogP contribution in [0, 0.1) is 15.9 Å². The van der Waals surface area contributed by atoms with Crippen LogP contribution in [0.3, 0.4) is 0 Å². The molecular weight excluding hydrogens is 355 g/mol. The van der Waals surface area contributed by atoms with Gasteiger partial charge in [-0.25, -0.2) is 14.4 Å². The number of nitro benzene ring substituents is 1. The van der Waals surface area contributed by atoms with E-state index in [9.17, 15) is 14.5 Å². The largest absolute Gasteiger partial charge is 0.294 e. The molecule has 3 heterocycles. The van der Waals surface area contributed by atoms with E-state index in [4.69, 9.17) is 0 Å². The molecule has 26 heavy (non-hydrogen) atoms. The highest BCUT2D eigenvalue weighted by Gasteiger charge is 2.21. The molecule has 1 aliphatic heterocycles. The Bertz CT molecular complexity index is 962. The smallest absolute Gasteiger partial charge is 0.269 e. The zero-order valence-corrected chi connectivity index (χ0v) is 14.6. The molecule has 2 aromatic heterocycles. The predicted molar refractivity (Wildman–Crippen MR) is 96.2 cm³/mol. The minimum atomic E-state index is -0.506. The maximum absolute atomic E-state index is 14.0. The number of benzene rings is 1. The van der Waals surface area contributed by atoms with Crippen LogP contribution in [0.4, 0.5) is 10.1 Å². The summed E-state index contributed by atoms with van der Waals surface area (Å²) in [7, 11) is 0. The van der Waals surface area contributed by atoms with Crippen molar-refractivity contribution in [2.75, 3.05) is 6.54 Å². The molecule has 1 aromatic carbocycles. The molecule has 0 bridgehead atoms. The highest BCUT2D eigenvalue weighted by molar-refractivity contribution is 7.13. The molecule has 132 valence electrons. The quantitative estimate of drug-likeness (QED) is 0.516. The summed E-state index contributed by atoms with van der Waals surface area (Å²) in [6.07, 6.45) is 2.57. The van der Waals surface area contributed by atoms with Crippen LogP contribution < -0.4 is 0 Å². The summed E-state index contributed by atoms with van der Waals surface area (Å²) in [5.74, 6) is 0.308. The summed E-state index contributed by atoms with van der Waals surface area (Å²) in [6, 6.07) is 7.61. The summed E-state index contributed by atoms with van der Waals surface area (Å²) in [5.41, 5.74) is 2.27. The normalized spacial score (nSPS) is 14.2. The van der Waals surface area contributed by atoms with Crippen molar-refractivity contribution in [2.45, 2.75) is 19.5 Å². The molecule has 0 fully saturated rings. The molecule has 0 unspecified atom stereocenters. The van der Waals surface area contributed by atoms with Gasteiger partial charge in [0.05, 0.1) is 15.5 Å². The number of thiophene rings is 1. The molecule has 3 aromatic rings. The fourth-order valence-corrected chi connectivity index (χ4v) is 3.74. The molecule has 0 aliphatic carbocycles. The molecule has 0 N–H and O–H groups in total.